The molecule has 1 N–H and O–H groups in total. The van der Waals surface area contributed by atoms with Crippen LogP contribution in [0.15, 0.2) is 47.4 Å². The third-order valence-electron chi connectivity index (χ3n) is 5.21. The minimum Gasteiger partial charge on any atom is -0.320 e. The summed E-state index contributed by atoms with van der Waals surface area (Å²) in [6.45, 7) is 2.50. The molecule has 32 heavy (non-hydrogen) atoms. The maximum atomic E-state index is 13.4. The van der Waals surface area contributed by atoms with E-state index in [0.29, 0.717) is 23.7 Å². The van der Waals surface area contributed by atoms with E-state index in [1.54, 1.807) is 12.1 Å². The topological polar surface area (TPSA) is 92.3 Å². The first kappa shape index (κ1) is 22.8. The van der Waals surface area contributed by atoms with Crippen molar-refractivity contribution >= 4 is 44.6 Å². The standard InChI is InChI=1S/C21H20ClFN4O3S2/c1-13-4-6-15(7-5-13)24-19(28)21-26-25-20(31-21)14-3-2-10-27(12-14)32(29,30)16-8-9-18(23)17(22)11-16/h4-9,11,14H,2-3,10,12H2,1H3,(H,24,28)/t14-/m0/s1. The van der Waals surface area contributed by atoms with Gasteiger partial charge >= 0.3 is 0 Å². The second-order valence-corrected chi connectivity index (χ2v) is 10.9. The Hall–Kier alpha value is -2.40. The predicted molar refractivity (Wildman–Crippen MR) is 121 cm³/mol. The molecule has 0 aliphatic carbocycles. The number of benzene rings is 2. The number of hydrogen-bond donors (Lipinski definition) is 1. The fraction of sp³-hybridized carbons (Fsp3) is 0.286. The van der Waals surface area contributed by atoms with Gasteiger partial charge in [0, 0.05) is 24.7 Å². The van der Waals surface area contributed by atoms with Gasteiger partial charge < -0.3 is 5.32 Å². The number of nitrogens with one attached hydrogen (secondary N) is 1. The van der Waals surface area contributed by atoms with Crippen molar-refractivity contribution in [2.24, 2.45) is 0 Å². The Morgan fingerprint density at radius 1 is 1.22 bits per heavy atom. The van der Waals surface area contributed by atoms with Crippen LogP contribution in [-0.2, 0) is 10.0 Å². The van der Waals surface area contributed by atoms with Gasteiger partial charge in [-0.1, -0.05) is 40.6 Å². The Morgan fingerprint density at radius 2 is 1.97 bits per heavy atom. The fourth-order valence-corrected chi connectivity index (χ4v) is 6.12. The average molecular weight is 495 g/mol. The molecule has 0 radical (unpaired) electrons. The highest BCUT2D eigenvalue weighted by Gasteiger charge is 2.33. The third-order valence-corrected chi connectivity index (χ3v) is 8.44. The van der Waals surface area contributed by atoms with Gasteiger partial charge in [0.2, 0.25) is 15.0 Å². The summed E-state index contributed by atoms with van der Waals surface area (Å²) < 4.78 is 40.8. The summed E-state index contributed by atoms with van der Waals surface area (Å²) in [5, 5.41) is 11.5. The summed E-state index contributed by atoms with van der Waals surface area (Å²) in [5.41, 5.74) is 1.74. The van der Waals surface area contributed by atoms with Crippen LogP contribution in [0.3, 0.4) is 0 Å². The number of amides is 1. The number of aryl methyl sites for hydroxylation is 1. The molecule has 0 spiro atoms. The van der Waals surface area contributed by atoms with E-state index in [1.165, 1.54) is 10.4 Å². The fourth-order valence-electron chi connectivity index (χ4n) is 3.46. The normalized spacial score (nSPS) is 17.3. The van der Waals surface area contributed by atoms with Crippen molar-refractivity contribution in [3.8, 4) is 0 Å². The molecule has 1 fully saturated rings. The molecular weight excluding hydrogens is 475 g/mol. The van der Waals surface area contributed by atoms with E-state index in [1.807, 2.05) is 19.1 Å². The van der Waals surface area contributed by atoms with Crippen molar-refractivity contribution in [2.75, 3.05) is 18.4 Å². The first-order valence-electron chi connectivity index (χ1n) is 9.90. The summed E-state index contributed by atoms with van der Waals surface area (Å²) in [6, 6.07) is 10.8. The van der Waals surface area contributed by atoms with E-state index in [2.05, 4.69) is 15.5 Å². The van der Waals surface area contributed by atoms with Crippen LogP contribution in [0.4, 0.5) is 10.1 Å². The summed E-state index contributed by atoms with van der Waals surface area (Å²) in [5.74, 6) is -1.22. The van der Waals surface area contributed by atoms with Crippen molar-refractivity contribution in [2.45, 2.75) is 30.6 Å². The minimum absolute atomic E-state index is 0.0556. The molecule has 1 atom stereocenters. The van der Waals surface area contributed by atoms with E-state index in [4.69, 9.17) is 11.6 Å². The van der Waals surface area contributed by atoms with Crippen molar-refractivity contribution < 1.29 is 17.6 Å². The van der Waals surface area contributed by atoms with Crippen LogP contribution in [0.5, 0.6) is 0 Å². The molecule has 0 saturated carbocycles. The summed E-state index contributed by atoms with van der Waals surface area (Å²) >= 11 is 6.93. The maximum absolute atomic E-state index is 13.4. The van der Waals surface area contributed by atoms with E-state index in [-0.39, 0.29) is 33.3 Å². The number of nitrogens with zero attached hydrogens (tertiary/aromatic N) is 3. The van der Waals surface area contributed by atoms with E-state index < -0.39 is 15.8 Å². The van der Waals surface area contributed by atoms with Crippen LogP contribution < -0.4 is 5.32 Å². The molecule has 4 rings (SSSR count). The van der Waals surface area contributed by atoms with Crippen molar-refractivity contribution in [1.82, 2.24) is 14.5 Å². The van der Waals surface area contributed by atoms with Gasteiger partial charge in [-0.15, -0.1) is 10.2 Å². The molecule has 1 aliphatic rings. The highest BCUT2D eigenvalue weighted by atomic mass is 35.5. The number of carbonyl (C=O) groups excluding carboxylic acids is 1. The second-order valence-electron chi connectivity index (χ2n) is 7.54. The molecule has 2 aromatic carbocycles. The average Bonchev–Trinajstić information content (AvgIpc) is 3.28. The zero-order chi connectivity index (χ0) is 22.9. The lowest BCUT2D eigenvalue weighted by Gasteiger charge is -2.30. The highest BCUT2D eigenvalue weighted by molar-refractivity contribution is 7.89. The number of rotatable bonds is 5. The van der Waals surface area contributed by atoms with Gasteiger partial charge in [-0.25, -0.2) is 12.8 Å². The summed E-state index contributed by atoms with van der Waals surface area (Å²) in [6.07, 6.45) is 1.35. The van der Waals surface area contributed by atoms with Crippen LogP contribution in [0.2, 0.25) is 5.02 Å². The van der Waals surface area contributed by atoms with E-state index in [0.717, 1.165) is 35.5 Å². The number of carbonyl (C=O) groups is 1. The predicted octanol–water partition coefficient (Wildman–Crippen LogP) is 4.46. The van der Waals surface area contributed by atoms with Crippen LogP contribution in [0.1, 0.15) is 39.1 Å². The molecule has 0 bridgehead atoms. The zero-order valence-electron chi connectivity index (χ0n) is 17.1. The molecule has 11 heteroatoms. The largest absolute Gasteiger partial charge is 0.320 e. The van der Waals surface area contributed by atoms with Gasteiger partial charge in [0.15, 0.2) is 0 Å². The van der Waals surface area contributed by atoms with Crippen molar-refractivity contribution in [3.63, 3.8) is 0 Å². The lowest BCUT2D eigenvalue weighted by Crippen LogP contribution is -2.39. The minimum atomic E-state index is -3.84. The molecule has 7 nitrogen and oxygen atoms in total. The molecule has 1 amide bonds. The first-order chi connectivity index (χ1) is 15.2. The number of halogens is 2. The first-order valence-corrected chi connectivity index (χ1v) is 12.5. The van der Waals surface area contributed by atoms with E-state index in [9.17, 15) is 17.6 Å². The second kappa shape index (κ2) is 9.22. The van der Waals surface area contributed by atoms with Gasteiger partial charge in [-0.2, -0.15) is 4.31 Å². The van der Waals surface area contributed by atoms with Gasteiger partial charge in [-0.05, 0) is 50.1 Å². The Morgan fingerprint density at radius 3 is 2.69 bits per heavy atom. The number of sulfonamides is 1. The van der Waals surface area contributed by atoms with Crippen LogP contribution in [0, 0.1) is 12.7 Å². The summed E-state index contributed by atoms with van der Waals surface area (Å²) in [7, 11) is -3.84. The SMILES string of the molecule is Cc1ccc(NC(=O)c2nnc([C@H]3CCCN(S(=O)(=O)c4ccc(F)c(Cl)c4)C3)s2)cc1. The molecule has 1 saturated heterocycles. The van der Waals surface area contributed by atoms with Crippen molar-refractivity contribution in [1.29, 1.82) is 0 Å². The van der Waals surface area contributed by atoms with Gasteiger partial charge in [0.25, 0.3) is 5.91 Å². The van der Waals surface area contributed by atoms with Crippen molar-refractivity contribution in [3.05, 3.63) is 68.9 Å². The molecule has 168 valence electrons. The van der Waals surface area contributed by atoms with Crippen LogP contribution in [0.25, 0.3) is 0 Å². The number of aromatic nitrogens is 2. The van der Waals surface area contributed by atoms with E-state index >= 15 is 0 Å². The molecule has 0 unspecified atom stereocenters. The molecule has 3 aromatic rings. The third kappa shape index (κ3) is 4.83. The van der Waals surface area contributed by atoms with Crippen LogP contribution >= 0.6 is 22.9 Å². The Labute approximate surface area is 194 Å². The quantitative estimate of drug-likeness (QED) is 0.565. The number of hydrogen-bond acceptors (Lipinski definition) is 6. The Balaban J connectivity index is 1.48. The highest BCUT2D eigenvalue weighted by Crippen LogP contribution is 2.32. The van der Waals surface area contributed by atoms with Crippen LogP contribution in [-0.4, -0.2) is 41.9 Å². The summed E-state index contributed by atoms with van der Waals surface area (Å²) in [4.78, 5) is 12.5. The number of piperidine rings is 1. The molecule has 1 aliphatic heterocycles. The lowest BCUT2D eigenvalue weighted by atomic mass is 10.0. The maximum Gasteiger partial charge on any atom is 0.286 e. The molecular formula is C21H20ClFN4O3S2. The lowest BCUT2D eigenvalue weighted by molar-refractivity contribution is 0.102. The monoisotopic (exact) mass is 494 g/mol. The molecule has 2 heterocycles. The Kier molecular flexibility index (Phi) is 6.57. The number of anilines is 1. The van der Waals surface area contributed by atoms with Gasteiger partial charge in [0.1, 0.15) is 10.8 Å². The van der Waals surface area contributed by atoms with Gasteiger partial charge in [-0.3, -0.25) is 4.79 Å². The molecule has 1 aromatic heterocycles. The zero-order valence-corrected chi connectivity index (χ0v) is 19.5. The van der Waals surface area contributed by atoms with Gasteiger partial charge in [0.05, 0.1) is 9.92 Å². The Bertz CT molecular complexity index is 1250. The smallest absolute Gasteiger partial charge is 0.286 e.